The number of unbranched alkanes of at least 4 members (excludes halogenated alkanes) is 1. The summed E-state index contributed by atoms with van der Waals surface area (Å²) >= 11 is 9.68. The van der Waals surface area contributed by atoms with Crippen molar-refractivity contribution in [3.05, 3.63) is 61.6 Å². The van der Waals surface area contributed by atoms with Gasteiger partial charge in [-0.05, 0) is 42.3 Å². The van der Waals surface area contributed by atoms with Crippen molar-refractivity contribution in [2.45, 2.75) is 26.2 Å². The first-order valence-corrected chi connectivity index (χ1v) is 10.3. The second-order valence-electron chi connectivity index (χ2n) is 6.39. The third kappa shape index (κ3) is 4.62. The van der Waals surface area contributed by atoms with Crippen LogP contribution in [0.4, 0.5) is 0 Å². The Morgan fingerprint density at radius 2 is 2.03 bits per heavy atom. The number of benzene rings is 2. The van der Waals surface area contributed by atoms with Gasteiger partial charge in [0.05, 0.1) is 36.4 Å². The number of hydrogen-bond donors (Lipinski definition) is 0. The highest BCUT2D eigenvalue weighted by atomic mass is 79.9. The van der Waals surface area contributed by atoms with Crippen LogP contribution in [-0.2, 0) is 6.42 Å². The fraction of sp³-hybridized carbons (Fsp3) is 0.286. The lowest BCUT2D eigenvalue weighted by Gasteiger charge is -2.11. The smallest absolute Gasteiger partial charge is 0.282 e. The van der Waals surface area contributed by atoms with E-state index in [0.717, 1.165) is 17.3 Å². The number of aromatic nitrogens is 2. The standard InChI is InChI=1S/C21H21BrClN3O3/c1-4-5-6-19-25-17-8-7-14(22)11-15(17)21(27)26(19)24-12-13-9-16(23)20(29-3)18(10-13)28-2/h7-12H,4-6H2,1-3H3. The van der Waals surface area contributed by atoms with E-state index in [1.165, 1.54) is 18.9 Å². The van der Waals surface area contributed by atoms with Crippen LogP contribution in [0.1, 0.15) is 31.2 Å². The monoisotopic (exact) mass is 477 g/mol. The molecule has 8 heteroatoms. The predicted molar refractivity (Wildman–Crippen MR) is 120 cm³/mol. The van der Waals surface area contributed by atoms with Crippen molar-refractivity contribution in [3.8, 4) is 11.5 Å². The molecule has 0 fully saturated rings. The average molecular weight is 479 g/mol. The number of rotatable bonds is 7. The van der Waals surface area contributed by atoms with Crippen LogP contribution in [0.5, 0.6) is 11.5 Å². The van der Waals surface area contributed by atoms with Gasteiger partial charge in [-0.3, -0.25) is 4.79 Å². The molecule has 3 aromatic rings. The van der Waals surface area contributed by atoms with E-state index in [2.05, 4.69) is 32.9 Å². The van der Waals surface area contributed by atoms with E-state index in [9.17, 15) is 4.79 Å². The Bertz CT molecular complexity index is 1130. The molecule has 0 unspecified atom stereocenters. The zero-order chi connectivity index (χ0) is 21.0. The summed E-state index contributed by atoms with van der Waals surface area (Å²) in [6.45, 7) is 2.09. The highest BCUT2D eigenvalue weighted by molar-refractivity contribution is 9.10. The van der Waals surface area contributed by atoms with Crippen LogP contribution in [0.25, 0.3) is 10.9 Å². The third-order valence-electron chi connectivity index (χ3n) is 4.41. The summed E-state index contributed by atoms with van der Waals surface area (Å²) in [5.41, 5.74) is 1.12. The Hall–Kier alpha value is -2.38. The van der Waals surface area contributed by atoms with Gasteiger partial charge in [-0.25, -0.2) is 4.98 Å². The second-order valence-corrected chi connectivity index (χ2v) is 7.72. The van der Waals surface area contributed by atoms with Gasteiger partial charge in [0.2, 0.25) is 0 Å². The summed E-state index contributed by atoms with van der Waals surface area (Å²) in [6, 6.07) is 8.91. The Balaban J connectivity index is 2.12. The summed E-state index contributed by atoms with van der Waals surface area (Å²) in [4.78, 5) is 17.8. The lowest BCUT2D eigenvalue weighted by atomic mass is 10.2. The molecule has 1 heterocycles. The van der Waals surface area contributed by atoms with Gasteiger partial charge in [-0.2, -0.15) is 9.78 Å². The summed E-state index contributed by atoms with van der Waals surface area (Å²) < 4.78 is 12.7. The molecule has 0 saturated heterocycles. The number of hydrogen-bond acceptors (Lipinski definition) is 5. The van der Waals surface area contributed by atoms with Gasteiger partial charge in [0, 0.05) is 10.9 Å². The molecule has 152 valence electrons. The molecular weight excluding hydrogens is 458 g/mol. The topological polar surface area (TPSA) is 65.7 Å². The van der Waals surface area contributed by atoms with Gasteiger partial charge in [0.15, 0.2) is 11.5 Å². The largest absolute Gasteiger partial charge is 0.493 e. The number of halogens is 2. The minimum Gasteiger partial charge on any atom is -0.493 e. The normalized spacial score (nSPS) is 11.3. The van der Waals surface area contributed by atoms with Crippen molar-refractivity contribution in [3.63, 3.8) is 0 Å². The highest BCUT2D eigenvalue weighted by Gasteiger charge is 2.12. The second kappa shape index (κ2) is 9.41. The van der Waals surface area contributed by atoms with Crippen molar-refractivity contribution in [1.29, 1.82) is 0 Å². The van der Waals surface area contributed by atoms with Crippen LogP contribution >= 0.6 is 27.5 Å². The van der Waals surface area contributed by atoms with E-state index >= 15 is 0 Å². The SMILES string of the molecule is CCCCc1nc2ccc(Br)cc2c(=O)n1N=Cc1cc(Cl)c(OC)c(OC)c1. The maximum absolute atomic E-state index is 13.1. The zero-order valence-corrected chi connectivity index (χ0v) is 18.7. The van der Waals surface area contributed by atoms with Gasteiger partial charge < -0.3 is 9.47 Å². The molecule has 6 nitrogen and oxygen atoms in total. The van der Waals surface area contributed by atoms with Crippen LogP contribution in [0.3, 0.4) is 0 Å². The molecular formula is C21H21BrClN3O3. The molecule has 0 aliphatic rings. The molecule has 0 N–H and O–H groups in total. The van der Waals surface area contributed by atoms with Gasteiger partial charge >= 0.3 is 0 Å². The zero-order valence-electron chi connectivity index (χ0n) is 16.4. The molecule has 0 atom stereocenters. The lowest BCUT2D eigenvalue weighted by Crippen LogP contribution is -2.22. The fourth-order valence-corrected chi connectivity index (χ4v) is 3.60. The average Bonchev–Trinajstić information content (AvgIpc) is 2.71. The molecule has 3 rings (SSSR count). The molecule has 0 aliphatic carbocycles. The first-order valence-electron chi connectivity index (χ1n) is 9.15. The summed E-state index contributed by atoms with van der Waals surface area (Å²) in [6.07, 6.45) is 4.12. The molecule has 1 aromatic heterocycles. The van der Waals surface area contributed by atoms with E-state index in [-0.39, 0.29) is 5.56 Å². The van der Waals surface area contributed by atoms with Crippen molar-refractivity contribution >= 4 is 44.6 Å². The number of fused-ring (bicyclic) bond motifs is 1. The molecule has 0 bridgehead atoms. The van der Waals surface area contributed by atoms with Gasteiger partial charge in [-0.1, -0.05) is 40.9 Å². The molecule has 0 aliphatic heterocycles. The van der Waals surface area contributed by atoms with E-state index < -0.39 is 0 Å². The summed E-state index contributed by atoms with van der Waals surface area (Å²) in [5.74, 6) is 1.56. The Labute approximate surface area is 182 Å². The number of methoxy groups -OCH3 is 2. The minimum absolute atomic E-state index is 0.217. The summed E-state index contributed by atoms with van der Waals surface area (Å²) in [7, 11) is 3.06. The number of nitrogens with zero attached hydrogens (tertiary/aromatic N) is 3. The van der Waals surface area contributed by atoms with E-state index in [0.29, 0.717) is 45.2 Å². The first-order chi connectivity index (χ1) is 14.0. The first kappa shape index (κ1) is 21.3. The van der Waals surface area contributed by atoms with E-state index in [4.69, 9.17) is 21.1 Å². The predicted octanol–water partition coefficient (Wildman–Crippen LogP) is 5.05. The maximum atomic E-state index is 13.1. The van der Waals surface area contributed by atoms with E-state index in [1.807, 2.05) is 12.1 Å². The van der Waals surface area contributed by atoms with Gasteiger partial charge in [0.25, 0.3) is 5.56 Å². The van der Waals surface area contributed by atoms with Crippen molar-refractivity contribution < 1.29 is 9.47 Å². The molecule has 2 aromatic carbocycles. The molecule has 0 amide bonds. The Morgan fingerprint density at radius 1 is 1.24 bits per heavy atom. The van der Waals surface area contributed by atoms with Crippen molar-refractivity contribution in [1.82, 2.24) is 9.66 Å². The van der Waals surface area contributed by atoms with Crippen LogP contribution in [-0.4, -0.2) is 30.1 Å². The Morgan fingerprint density at radius 3 is 2.72 bits per heavy atom. The number of aryl methyl sites for hydroxylation is 1. The van der Waals surface area contributed by atoms with E-state index in [1.54, 1.807) is 24.4 Å². The molecule has 0 spiro atoms. The highest BCUT2D eigenvalue weighted by Crippen LogP contribution is 2.35. The summed E-state index contributed by atoms with van der Waals surface area (Å²) in [5, 5.41) is 5.32. The number of ether oxygens (including phenoxy) is 2. The Kier molecular flexibility index (Phi) is 6.92. The van der Waals surface area contributed by atoms with Crippen molar-refractivity contribution in [2.24, 2.45) is 5.10 Å². The molecule has 29 heavy (non-hydrogen) atoms. The van der Waals surface area contributed by atoms with Crippen LogP contribution in [0, 0.1) is 0 Å². The van der Waals surface area contributed by atoms with Crippen molar-refractivity contribution in [2.75, 3.05) is 14.2 Å². The minimum atomic E-state index is -0.217. The molecule has 0 saturated carbocycles. The third-order valence-corrected chi connectivity index (χ3v) is 5.18. The van der Waals surface area contributed by atoms with Crippen LogP contribution in [0.15, 0.2) is 44.7 Å². The quantitative estimate of drug-likeness (QED) is 0.446. The van der Waals surface area contributed by atoms with Crippen LogP contribution < -0.4 is 15.0 Å². The maximum Gasteiger partial charge on any atom is 0.282 e. The van der Waals surface area contributed by atoms with Gasteiger partial charge in [-0.15, -0.1) is 0 Å². The molecule has 0 radical (unpaired) electrons. The fourth-order valence-electron chi connectivity index (χ4n) is 2.95. The van der Waals surface area contributed by atoms with Crippen LogP contribution in [0.2, 0.25) is 5.02 Å². The van der Waals surface area contributed by atoms with Gasteiger partial charge in [0.1, 0.15) is 5.82 Å². The lowest BCUT2D eigenvalue weighted by molar-refractivity contribution is 0.355.